The van der Waals surface area contributed by atoms with E-state index in [9.17, 15) is 0 Å². The lowest BCUT2D eigenvalue weighted by atomic mass is 10.1. The summed E-state index contributed by atoms with van der Waals surface area (Å²) < 4.78 is 0. The lowest BCUT2D eigenvalue weighted by Crippen LogP contribution is -2.45. The maximum Gasteiger partial charge on any atom is 0.191 e. The zero-order valence-electron chi connectivity index (χ0n) is 15.5. The Morgan fingerprint density at radius 3 is 2.84 bits per heavy atom. The molecule has 0 radical (unpaired) electrons. The second-order valence-electron chi connectivity index (χ2n) is 7.41. The average molecular weight is 476 g/mol. The number of hydrogen-bond acceptors (Lipinski definition) is 3. The lowest BCUT2D eigenvalue weighted by molar-refractivity contribution is 0.275. The number of nitrogens with zero attached hydrogens (tertiary/aromatic N) is 2. The first-order chi connectivity index (χ1) is 11.7. The number of halogens is 1. The average Bonchev–Trinajstić information content (AvgIpc) is 3.34. The van der Waals surface area contributed by atoms with Crippen molar-refractivity contribution in [2.75, 3.05) is 33.2 Å². The van der Waals surface area contributed by atoms with Crippen LogP contribution in [-0.4, -0.2) is 50.1 Å². The normalized spacial score (nSPS) is 23.4. The van der Waals surface area contributed by atoms with Gasteiger partial charge >= 0.3 is 0 Å². The topological polar surface area (TPSA) is 39.7 Å². The molecular formula is C19H33IN4S. The van der Waals surface area contributed by atoms with E-state index in [1.807, 2.05) is 18.4 Å². The highest BCUT2D eigenvalue weighted by Gasteiger charge is 2.26. The van der Waals surface area contributed by atoms with E-state index < -0.39 is 0 Å². The molecular weight excluding hydrogens is 443 g/mol. The van der Waals surface area contributed by atoms with Crippen LogP contribution in [0.2, 0.25) is 0 Å². The minimum absolute atomic E-state index is 0. The molecule has 4 nitrogen and oxygen atoms in total. The minimum Gasteiger partial charge on any atom is -0.356 e. The van der Waals surface area contributed by atoms with Crippen molar-refractivity contribution in [1.29, 1.82) is 0 Å². The molecule has 2 unspecified atom stereocenters. The van der Waals surface area contributed by atoms with Gasteiger partial charge in [0.05, 0.1) is 0 Å². The number of rotatable bonds is 6. The number of hydrogen-bond donors (Lipinski definition) is 2. The Hall–Kier alpha value is -0.340. The van der Waals surface area contributed by atoms with Crippen LogP contribution in [0.3, 0.4) is 0 Å². The molecule has 6 heteroatoms. The van der Waals surface area contributed by atoms with E-state index in [1.165, 1.54) is 50.1 Å². The van der Waals surface area contributed by atoms with Gasteiger partial charge in [-0.2, -0.15) is 0 Å². The van der Waals surface area contributed by atoms with Crippen molar-refractivity contribution in [2.45, 2.75) is 51.0 Å². The second kappa shape index (κ2) is 10.7. The number of guanidine groups is 1. The zero-order valence-corrected chi connectivity index (χ0v) is 18.7. The van der Waals surface area contributed by atoms with E-state index in [2.05, 4.69) is 45.0 Å². The molecule has 2 N–H and O–H groups in total. The Morgan fingerprint density at radius 1 is 1.36 bits per heavy atom. The molecule has 2 aliphatic rings. The minimum atomic E-state index is 0. The molecule has 2 fully saturated rings. The molecule has 1 aromatic rings. The van der Waals surface area contributed by atoms with E-state index in [4.69, 9.17) is 0 Å². The summed E-state index contributed by atoms with van der Waals surface area (Å²) in [6, 6.07) is 4.88. The summed E-state index contributed by atoms with van der Waals surface area (Å²) in [6.07, 6.45) is 7.00. The molecule has 142 valence electrons. The first kappa shape index (κ1) is 21.0. The molecule has 1 aliphatic carbocycles. The van der Waals surface area contributed by atoms with Gasteiger partial charge < -0.3 is 15.5 Å². The van der Waals surface area contributed by atoms with Crippen molar-refractivity contribution < 1.29 is 0 Å². The summed E-state index contributed by atoms with van der Waals surface area (Å²) in [6.45, 7) is 6.90. The van der Waals surface area contributed by atoms with Crippen molar-refractivity contribution in [3.05, 3.63) is 22.4 Å². The van der Waals surface area contributed by atoms with Crippen molar-refractivity contribution in [3.8, 4) is 0 Å². The van der Waals surface area contributed by atoms with Gasteiger partial charge in [0.1, 0.15) is 0 Å². The third-order valence-corrected chi connectivity index (χ3v) is 6.54. The quantitative estimate of drug-likeness (QED) is 0.372. The summed E-state index contributed by atoms with van der Waals surface area (Å²) in [4.78, 5) is 8.49. The highest BCUT2D eigenvalue weighted by atomic mass is 127. The van der Waals surface area contributed by atoms with Crippen molar-refractivity contribution >= 4 is 41.3 Å². The SMILES string of the molecule is CN=C(NCC(C)c1cccs1)NC1CCN(CC2CCCC2)C1.I. The number of likely N-dealkylation sites (tertiary alicyclic amines) is 1. The highest BCUT2D eigenvalue weighted by molar-refractivity contribution is 14.0. The van der Waals surface area contributed by atoms with Gasteiger partial charge in [-0.25, -0.2) is 0 Å². The number of aliphatic imine (C=N–C) groups is 1. The van der Waals surface area contributed by atoms with Gasteiger partial charge in [-0.1, -0.05) is 25.8 Å². The molecule has 3 rings (SSSR count). The predicted molar refractivity (Wildman–Crippen MR) is 119 cm³/mol. The van der Waals surface area contributed by atoms with E-state index in [0.29, 0.717) is 12.0 Å². The van der Waals surface area contributed by atoms with Crippen molar-refractivity contribution in [2.24, 2.45) is 10.9 Å². The van der Waals surface area contributed by atoms with E-state index in [1.54, 1.807) is 0 Å². The van der Waals surface area contributed by atoms with Crippen LogP contribution in [0, 0.1) is 5.92 Å². The lowest BCUT2D eigenvalue weighted by Gasteiger charge is -2.22. The number of nitrogens with one attached hydrogen (secondary N) is 2. The van der Waals surface area contributed by atoms with Gasteiger partial charge in [-0.3, -0.25) is 4.99 Å². The Bertz CT molecular complexity index is 514. The molecule has 0 bridgehead atoms. The van der Waals surface area contributed by atoms with Gasteiger partial charge in [0, 0.05) is 50.1 Å². The third kappa shape index (κ3) is 6.40. The first-order valence-electron chi connectivity index (χ1n) is 9.47. The smallest absolute Gasteiger partial charge is 0.191 e. The second-order valence-corrected chi connectivity index (χ2v) is 8.39. The van der Waals surface area contributed by atoms with E-state index in [0.717, 1.165) is 25.0 Å². The monoisotopic (exact) mass is 476 g/mol. The van der Waals surface area contributed by atoms with Crippen LogP contribution in [-0.2, 0) is 0 Å². The molecule has 1 aromatic heterocycles. The largest absolute Gasteiger partial charge is 0.356 e. The van der Waals surface area contributed by atoms with Crippen molar-refractivity contribution in [3.63, 3.8) is 0 Å². The molecule has 1 saturated heterocycles. The molecule has 0 aromatic carbocycles. The van der Waals surface area contributed by atoms with Crippen LogP contribution >= 0.6 is 35.3 Å². The molecule has 2 atom stereocenters. The molecule has 0 amide bonds. The maximum absolute atomic E-state index is 4.41. The van der Waals surface area contributed by atoms with Crippen LogP contribution in [0.5, 0.6) is 0 Å². The molecule has 0 spiro atoms. The summed E-state index contributed by atoms with van der Waals surface area (Å²) in [5.74, 6) is 2.42. The van der Waals surface area contributed by atoms with E-state index >= 15 is 0 Å². The van der Waals surface area contributed by atoms with Gasteiger partial charge in [0.2, 0.25) is 0 Å². The van der Waals surface area contributed by atoms with Gasteiger partial charge in [0.15, 0.2) is 5.96 Å². The summed E-state index contributed by atoms with van der Waals surface area (Å²) >= 11 is 1.83. The fraction of sp³-hybridized carbons (Fsp3) is 0.737. The fourth-order valence-corrected chi connectivity index (χ4v) is 4.77. The standard InChI is InChI=1S/C19H32N4S.HI/c1-15(18-8-5-11-24-18)12-21-19(20-2)22-17-9-10-23(14-17)13-16-6-3-4-7-16;/h5,8,11,15-17H,3-4,6-7,9-10,12-14H2,1-2H3,(H2,20,21,22);1H. The summed E-state index contributed by atoms with van der Waals surface area (Å²) in [5.41, 5.74) is 0. The molecule has 1 saturated carbocycles. The number of thiophene rings is 1. The third-order valence-electron chi connectivity index (χ3n) is 5.43. The van der Waals surface area contributed by atoms with Crippen LogP contribution in [0.15, 0.2) is 22.5 Å². The Morgan fingerprint density at radius 2 is 2.16 bits per heavy atom. The fourth-order valence-electron chi connectivity index (χ4n) is 3.98. The Kier molecular flexibility index (Phi) is 8.99. The van der Waals surface area contributed by atoms with E-state index in [-0.39, 0.29) is 24.0 Å². The van der Waals surface area contributed by atoms with Gasteiger partial charge in [0.25, 0.3) is 0 Å². The maximum atomic E-state index is 4.41. The molecule has 25 heavy (non-hydrogen) atoms. The summed E-state index contributed by atoms with van der Waals surface area (Å²) in [7, 11) is 1.87. The molecule has 1 aliphatic heterocycles. The van der Waals surface area contributed by atoms with Crippen LogP contribution in [0.25, 0.3) is 0 Å². The summed E-state index contributed by atoms with van der Waals surface area (Å²) in [5, 5.41) is 9.27. The predicted octanol–water partition coefficient (Wildman–Crippen LogP) is 3.90. The van der Waals surface area contributed by atoms with Crippen LogP contribution in [0.1, 0.15) is 49.8 Å². The van der Waals surface area contributed by atoms with Crippen LogP contribution < -0.4 is 10.6 Å². The first-order valence-corrected chi connectivity index (χ1v) is 10.4. The van der Waals surface area contributed by atoms with Gasteiger partial charge in [-0.05, 0) is 36.6 Å². The van der Waals surface area contributed by atoms with Crippen molar-refractivity contribution in [1.82, 2.24) is 15.5 Å². The Balaban J connectivity index is 0.00000225. The highest BCUT2D eigenvalue weighted by Crippen LogP contribution is 2.26. The van der Waals surface area contributed by atoms with Crippen LogP contribution in [0.4, 0.5) is 0 Å². The van der Waals surface area contributed by atoms with Gasteiger partial charge in [-0.15, -0.1) is 35.3 Å². The zero-order chi connectivity index (χ0) is 16.8. The molecule has 2 heterocycles. The Labute approximate surface area is 173 Å².